The minimum absolute atomic E-state index is 0.782. The molecular weight excluding hydrogens is 853 g/mol. The van der Waals surface area contributed by atoms with Crippen LogP contribution in [0.15, 0.2) is 251 Å². The quantitative estimate of drug-likeness (QED) is 0.166. The summed E-state index contributed by atoms with van der Waals surface area (Å²) in [5, 5.41) is 18.3. The number of rotatable bonds is 6. The molecule has 326 valence electrons. The van der Waals surface area contributed by atoms with Crippen molar-refractivity contribution in [1.29, 1.82) is 0 Å². The van der Waals surface area contributed by atoms with E-state index < -0.39 is 0 Å². The Bertz CT molecular complexity index is 4340. The van der Waals surface area contributed by atoms with E-state index in [1.54, 1.807) is 0 Å². The van der Waals surface area contributed by atoms with E-state index in [0.29, 0.717) is 0 Å². The molecule has 0 unspecified atom stereocenters. The third kappa shape index (κ3) is 5.84. The monoisotopic (exact) mass is 892 g/mol. The first-order chi connectivity index (χ1) is 34.7. The fourth-order valence-electron chi connectivity index (χ4n) is 11.4. The molecule has 4 heteroatoms. The molecule has 0 radical (unpaired) electrons. The summed E-state index contributed by atoms with van der Waals surface area (Å²) < 4.78 is 14.1. The normalized spacial score (nSPS) is 12.0. The van der Waals surface area contributed by atoms with Gasteiger partial charge in [0.15, 0.2) is 0 Å². The van der Waals surface area contributed by atoms with Crippen molar-refractivity contribution >= 4 is 143 Å². The van der Waals surface area contributed by atoms with E-state index in [0.717, 1.165) is 99.5 Å². The number of hydrogen-bond acceptors (Lipinski definition) is 4. The summed E-state index contributed by atoms with van der Waals surface area (Å²) >= 11 is 0. The molecule has 0 bridgehead atoms. The molecule has 13 aromatic carbocycles. The zero-order chi connectivity index (χ0) is 45.9. The predicted octanol–water partition coefficient (Wildman–Crippen LogP) is 19.3. The third-order valence-electron chi connectivity index (χ3n) is 14.5. The van der Waals surface area contributed by atoms with Crippen molar-refractivity contribution in [2.75, 3.05) is 9.80 Å². The van der Waals surface area contributed by atoms with Gasteiger partial charge in [-0.05, 0) is 85.6 Å². The molecule has 0 aliphatic carbocycles. The lowest BCUT2D eigenvalue weighted by Crippen LogP contribution is -2.11. The summed E-state index contributed by atoms with van der Waals surface area (Å²) in [6.45, 7) is 0. The molecule has 0 aliphatic rings. The first-order valence-electron chi connectivity index (χ1n) is 23.9. The predicted molar refractivity (Wildman–Crippen MR) is 295 cm³/mol. The molecule has 70 heavy (non-hydrogen) atoms. The lowest BCUT2D eigenvalue weighted by Gasteiger charge is -2.28. The second-order valence-electron chi connectivity index (χ2n) is 18.4. The van der Waals surface area contributed by atoms with Gasteiger partial charge in [-0.15, -0.1) is 0 Å². The highest BCUT2D eigenvalue weighted by Gasteiger charge is 2.25. The zero-order valence-electron chi connectivity index (χ0n) is 37.8. The molecule has 0 N–H and O–H groups in total. The number of furan rings is 2. The molecule has 15 rings (SSSR count). The first kappa shape index (κ1) is 38.7. The van der Waals surface area contributed by atoms with Crippen LogP contribution in [-0.2, 0) is 0 Å². The summed E-state index contributed by atoms with van der Waals surface area (Å²) in [6.07, 6.45) is 0. The molecule has 0 amide bonds. The smallest absolute Gasteiger partial charge is 0.139 e. The Morgan fingerprint density at radius 1 is 0.214 bits per heavy atom. The van der Waals surface area contributed by atoms with E-state index in [1.165, 1.54) is 43.1 Å². The molecule has 2 aromatic heterocycles. The van der Waals surface area contributed by atoms with Gasteiger partial charge in [0.05, 0.1) is 22.7 Å². The van der Waals surface area contributed by atoms with Gasteiger partial charge in [0.25, 0.3) is 0 Å². The fraction of sp³-hybridized carbons (Fsp3) is 0. The van der Waals surface area contributed by atoms with Gasteiger partial charge in [-0.25, -0.2) is 0 Å². The van der Waals surface area contributed by atoms with Crippen molar-refractivity contribution in [1.82, 2.24) is 0 Å². The van der Waals surface area contributed by atoms with E-state index in [4.69, 9.17) is 8.83 Å². The third-order valence-corrected chi connectivity index (χ3v) is 14.5. The SMILES string of the molecule is c1ccc2cc(N(c3cccc4ccccc34)c3cc4oc5cc6oc7cc(N(c8ccc9ccccc9c8)c8cccc9ccccc89)c8ccccc8c7c6cc5c4c4ccccc34)ccc2c1. The first-order valence-corrected chi connectivity index (χ1v) is 23.9. The minimum atomic E-state index is 0.782. The summed E-state index contributed by atoms with van der Waals surface area (Å²) in [5.41, 5.74) is 9.64. The molecule has 15 aromatic rings. The Kier molecular flexibility index (Phi) is 8.33. The second-order valence-corrected chi connectivity index (χ2v) is 18.4. The van der Waals surface area contributed by atoms with E-state index >= 15 is 0 Å². The van der Waals surface area contributed by atoms with Crippen LogP contribution in [0.2, 0.25) is 0 Å². The molecular formula is C66H40N2O2. The minimum Gasteiger partial charge on any atom is -0.456 e. The molecule has 4 nitrogen and oxygen atoms in total. The van der Waals surface area contributed by atoms with Gasteiger partial charge in [0, 0.05) is 72.7 Å². The summed E-state index contributed by atoms with van der Waals surface area (Å²) in [5.74, 6) is 0. The standard InChI is InChI=1S/C66H40N2O2/c1-3-19-45-35-47(33-31-41(45)15-1)67(57-29-13-21-43-17-5-7-23-49(43)57)59-38-63-65(53-27-11-9-25-51(53)59)55-37-56-62(40-61(55)69-63)70-64-39-60(52-26-10-12-28-54(52)66(56)64)68(48-34-32-42-16-2-4-20-46(42)36-48)58-30-14-22-44-18-6-8-24-50(44)58/h1-40H. The maximum absolute atomic E-state index is 7.03. The van der Waals surface area contributed by atoms with Gasteiger partial charge in [-0.1, -0.05) is 182 Å². The Hall–Kier alpha value is -9.38. The van der Waals surface area contributed by atoms with Crippen LogP contribution < -0.4 is 9.80 Å². The Morgan fingerprint density at radius 2 is 0.586 bits per heavy atom. The van der Waals surface area contributed by atoms with Crippen LogP contribution in [0.1, 0.15) is 0 Å². The number of anilines is 6. The van der Waals surface area contributed by atoms with Crippen LogP contribution in [0.25, 0.3) is 109 Å². The van der Waals surface area contributed by atoms with Gasteiger partial charge in [-0.2, -0.15) is 0 Å². The van der Waals surface area contributed by atoms with E-state index in [9.17, 15) is 0 Å². The highest BCUT2D eigenvalue weighted by Crippen LogP contribution is 2.50. The van der Waals surface area contributed by atoms with Crippen LogP contribution in [0.3, 0.4) is 0 Å². The summed E-state index contributed by atoms with van der Waals surface area (Å²) in [4.78, 5) is 4.82. The van der Waals surface area contributed by atoms with E-state index in [-0.39, 0.29) is 0 Å². The second kappa shape index (κ2) is 15.1. The average Bonchev–Trinajstić information content (AvgIpc) is 3.97. The maximum Gasteiger partial charge on any atom is 0.139 e. The zero-order valence-corrected chi connectivity index (χ0v) is 37.8. The summed E-state index contributed by atoms with van der Waals surface area (Å²) in [7, 11) is 0. The lowest BCUT2D eigenvalue weighted by molar-refractivity contribution is 0.656. The molecule has 2 heterocycles. The van der Waals surface area contributed by atoms with Crippen molar-refractivity contribution in [3.8, 4) is 0 Å². The largest absolute Gasteiger partial charge is 0.456 e. The van der Waals surface area contributed by atoms with Gasteiger partial charge in [-0.3, -0.25) is 0 Å². The number of hydrogen-bond donors (Lipinski definition) is 0. The van der Waals surface area contributed by atoms with Gasteiger partial charge >= 0.3 is 0 Å². The van der Waals surface area contributed by atoms with Crippen molar-refractivity contribution in [2.45, 2.75) is 0 Å². The average molecular weight is 893 g/mol. The van der Waals surface area contributed by atoms with Gasteiger partial charge < -0.3 is 18.6 Å². The number of nitrogens with zero attached hydrogens (tertiary/aromatic N) is 2. The van der Waals surface area contributed by atoms with Crippen molar-refractivity contribution in [3.05, 3.63) is 243 Å². The van der Waals surface area contributed by atoms with Crippen molar-refractivity contribution in [3.63, 3.8) is 0 Å². The van der Waals surface area contributed by atoms with E-state index in [1.807, 2.05) is 0 Å². The fourth-order valence-corrected chi connectivity index (χ4v) is 11.4. The maximum atomic E-state index is 7.03. The van der Waals surface area contributed by atoms with Crippen LogP contribution in [0.4, 0.5) is 34.1 Å². The molecule has 0 saturated carbocycles. The number of fused-ring (bicyclic) bond motifs is 14. The van der Waals surface area contributed by atoms with E-state index in [2.05, 4.69) is 252 Å². The van der Waals surface area contributed by atoms with Crippen LogP contribution in [0.5, 0.6) is 0 Å². The Labute approximate surface area is 402 Å². The van der Waals surface area contributed by atoms with Crippen LogP contribution in [-0.4, -0.2) is 0 Å². The van der Waals surface area contributed by atoms with Crippen molar-refractivity contribution < 1.29 is 8.83 Å². The Morgan fingerprint density at radius 3 is 1.04 bits per heavy atom. The summed E-state index contributed by atoms with van der Waals surface area (Å²) in [6, 6.07) is 87.5. The Balaban J connectivity index is 0.970. The molecule has 0 saturated heterocycles. The molecule has 0 fully saturated rings. The lowest BCUT2D eigenvalue weighted by atomic mass is 9.97. The van der Waals surface area contributed by atoms with Crippen LogP contribution >= 0.6 is 0 Å². The van der Waals surface area contributed by atoms with Crippen LogP contribution in [0, 0.1) is 0 Å². The number of benzene rings is 13. The molecule has 0 aliphatic heterocycles. The van der Waals surface area contributed by atoms with Crippen molar-refractivity contribution in [2.24, 2.45) is 0 Å². The topological polar surface area (TPSA) is 32.8 Å². The van der Waals surface area contributed by atoms with Gasteiger partial charge in [0.1, 0.15) is 22.3 Å². The highest BCUT2D eigenvalue weighted by atomic mass is 16.3. The molecule has 0 spiro atoms. The van der Waals surface area contributed by atoms with Gasteiger partial charge in [0.2, 0.25) is 0 Å². The highest BCUT2D eigenvalue weighted by molar-refractivity contribution is 6.28. The molecule has 0 atom stereocenters.